The second-order valence-electron chi connectivity index (χ2n) is 8.62. The summed E-state index contributed by atoms with van der Waals surface area (Å²) >= 11 is 1.46. The molecule has 1 spiro atoms. The zero-order chi connectivity index (χ0) is 20.0. The minimum atomic E-state index is -0.302. The molecule has 2 aromatic heterocycles. The van der Waals surface area contributed by atoms with E-state index in [1.807, 2.05) is 11.8 Å². The third kappa shape index (κ3) is 3.31. The number of aryl methyl sites for hydroxylation is 1. The highest BCUT2D eigenvalue weighted by atomic mass is 32.1. The van der Waals surface area contributed by atoms with Crippen LogP contribution in [0.25, 0.3) is 4.96 Å². The van der Waals surface area contributed by atoms with E-state index in [-0.39, 0.29) is 22.6 Å². The van der Waals surface area contributed by atoms with Gasteiger partial charge in [-0.15, -0.1) is 11.3 Å². The first-order valence-electron chi connectivity index (χ1n) is 10.7. The van der Waals surface area contributed by atoms with Crippen molar-refractivity contribution in [1.29, 1.82) is 0 Å². The summed E-state index contributed by atoms with van der Waals surface area (Å²) in [6, 6.07) is 0.371. The number of hydrogen-bond donors (Lipinski definition) is 0. The number of nitrogens with zero attached hydrogens (tertiary/aromatic N) is 4. The number of likely N-dealkylation sites (tertiary alicyclic amines) is 1. The van der Waals surface area contributed by atoms with Crippen molar-refractivity contribution < 1.29 is 9.53 Å². The number of carbonyl (C=O) groups excluding carboxylic acids is 1. The second kappa shape index (κ2) is 7.49. The second-order valence-corrected chi connectivity index (χ2v) is 9.83. The fourth-order valence-corrected chi connectivity index (χ4v) is 6.19. The molecule has 29 heavy (non-hydrogen) atoms. The summed E-state index contributed by atoms with van der Waals surface area (Å²) in [4.78, 5) is 36.6. The van der Waals surface area contributed by atoms with E-state index in [1.165, 1.54) is 41.2 Å². The summed E-state index contributed by atoms with van der Waals surface area (Å²) in [5.41, 5.74) is -0.418. The number of carbonyl (C=O) groups is 1. The largest absolute Gasteiger partial charge is 0.370 e. The van der Waals surface area contributed by atoms with E-state index in [0.29, 0.717) is 30.7 Å². The molecule has 0 N–H and O–H groups in total. The van der Waals surface area contributed by atoms with E-state index >= 15 is 0 Å². The van der Waals surface area contributed by atoms with Crippen LogP contribution in [0.1, 0.15) is 53.8 Å². The van der Waals surface area contributed by atoms with Crippen LogP contribution in [0.2, 0.25) is 0 Å². The lowest BCUT2D eigenvalue weighted by molar-refractivity contribution is -0.156. The predicted molar refractivity (Wildman–Crippen MR) is 112 cm³/mol. The molecule has 2 aromatic rings. The molecule has 4 heterocycles. The van der Waals surface area contributed by atoms with Gasteiger partial charge in [-0.05, 0) is 45.7 Å². The van der Waals surface area contributed by atoms with Crippen molar-refractivity contribution in [3.05, 3.63) is 33.2 Å². The maximum atomic E-state index is 13.3. The fourth-order valence-electron chi connectivity index (χ4n) is 5.41. The van der Waals surface area contributed by atoms with Crippen LogP contribution < -0.4 is 5.56 Å². The molecule has 5 rings (SSSR count). The van der Waals surface area contributed by atoms with Crippen molar-refractivity contribution in [3.63, 3.8) is 0 Å². The van der Waals surface area contributed by atoms with Crippen LogP contribution >= 0.6 is 11.3 Å². The Balaban J connectivity index is 1.43. The lowest BCUT2D eigenvalue weighted by atomic mass is 9.78. The van der Waals surface area contributed by atoms with E-state index in [4.69, 9.17) is 4.74 Å². The van der Waals surface area contributed by atoms with E-state index in [9.17, 15) is 9.59 Å². The van der Waals surface area contributed by atoms with Gasteiger partial charge in [0, 0.05) is 29.9 Å². The van der Waals surface area contributed by atoms with Crippen LogP contribution in [0.4, 0.5) is 0 Å². The third-order valence-corrected chi connectivity index (χ3v) is 7.68. The van der Waals surface area contributed by atoms with Crippen LogP contribution in [-0.2, 0) is 4.74 Å². The summed E-state index contributed by atoms with van der Waals surface area (Å²) in [6.07, 6.45) is 10.2. The first-order chi connectivity index (χ1) is 14.1. The Morgan fingerprint density at radius 2 is 2.07 bits per heavy atom. The Bertz CT molecular complexity index is 976. The lowest BCUT2D eigenvalue weighted by Crippen LogP contribution is -2.64. The van der Waals surface area contributed by atoms with Gasteiger partial charge in [0.15, 0.2) is 4.96 Å². The van der Waals surface area contributed by atoms with E-state index in [0.717, 1.165) is 37.2 Å². The van der Waals surface area contributed by atoms with Crippen molar-refractivity contribution >= 4 is 22.2 Å². The Morgan fingerprint density at radius 1 is 1.24 bits per heavy atom. The van der Waals surface area contributed by atoms with E-state index < -0.39 is 0 Å². The zero-order valence-electron chi connectivity index (χ0n) is 16.9. The Kier molecular flexibility index (Phi) is 4.96. The molecule has 0 unspecified atom stereocenters. The molecule has 3 fully saturated rings. The summed E-state index contributed by atoms with van der Waals surface area (Å²) < 4.78 is 7.92. The molecule has 0 aromatic carbocycles. The molecule has 1 aliphatic carbocycles. The first kappa shape index (κ1) is 19.2. The minimum absolute atomic E-state index is 0.158. The SMILES string of the molecule is Cc1cn2c(=O)c(C(=O)N3CCO[C@@]4(CCCC[C@H]4N4CCCC4)C3)cnc2s1. The van der Waals surface area contributed by atoms with Crippen LogP contribution in [0.3, 0.4) is 0 Å². The molecule has 7 nitrogen and oxygen atoms in total. The maximum Gasteiger partial charge on any atom is 0.271 e. The van der Waals surface area contributed by atoms with Gasteiger partial charge in [-0.2, -0.15) is 0 Å². The number of ether oxygens (including phenoxy) is 1. The molecule has 156 valence electrons. The van der Waals surface area contributed by atoms with Crippen LogP contribution in [0.15, 0.2) is 17.2 Å². The average Bonchev–Trinajstić information content (AvgIpc) is 3.38. The van der Waals surface area contributed by atoms with Crippen molar-refractivity contribution in [3.8, 4) is 0 Å². The lowest BCUT2D eigenvalue weighted by Gasteiger charge is -2.52. The van der Waals surface area contributed by atoms with Gasteiger partial charge in [-0.3, -0.25) is 18.9 Å². The van der Waals surface area contributed by atoms with E-state index in [2.05, 4.69) is 9.88 Å². The summed E-state index contributed by atoms with van der Waals surface area (Å²) in [7, 11) is 0. The molecular weight excluding hydrogens is 388 g/mol. The molecule has 0 bridgehead atoms. The van der Waals surface area contributed by atoms with Gasteiger partial charge >= 0.3 is 0 Å². The average molecular weight is 417 g/mol. The van der Waals surface area contributed by atoms with Crippen LogP contribution in [-0.4, -0.2) is 69.5 Å². The molecule has 1 amide bonds. The van der Waals surface area contributed by atoms with Gasteiger partial charge in [-0.25, -0.2) is 4.98 Å². The molecule has 0 radical (unpaired) electrons. The number of amides is 1. The highest BCUT2D eigenvalue weighted by Crippen LogP contribution is 2.39. The first-order valence-corrected chi connectivity index (χ1v) is 11.5. The van der Waals surface area contributed by atoms with Crippen molar-refractivity contribution in [2.75, 3.05) is 32.8 Å². The standard InChI is InChI=1S/C21H28N4O3S/c1-15-13-25-19(27)16(12-22-20(25)29-15)18(26)24-10-11-28-21(14-24)7-3-2-6-17(21)23-8-4-5-9-23/h12-13,17H,2-11,14H2,1H3/t17-,21+/m1/s1. The molecule has 1 saturated carbocycles. The number of thiazole rings is 1. The summed E-state index contributed by atoms with van der Waals surface area (Å²) in [5, 5.41) is 0. The predicted octanol–water partition coefficient (Wildman–Crippen LogP) is 2.31. The summed E-state index contributed by atoms with van der Waals surface area (Å²) in [6.45, 7) is 5.82. The summed E-state index contributed by atoms with van der Waals surface area (Å²) in [5.74, 6) is -0.214. The van der Waals surface area contributed by atoms with Crippen molar-refractivity contribution in [2.45, 2.75) is 57.1 Å². The highest BCUT2D eigenvalue weighted by Gasteiger charge is 2.49. The molecule has 2 saturated heterocycles. The Labute approximate surface area is 174 Å². The van der Waals surface area contributed by atoms with Crippen molar-refractivity contribution in [1.82, 2.24) is 19.2 Å². The maximum absolute atomic E-state index is 13.3. The highest BCUT2D eigenvalue weighted by molar-refractivity contribution is 7.16. The molecule has 3 aliphatic rings. The third-order valence-electron chi connectivity index (χ3n) is 6.77. The van der Waals surface area contributed by atoms with Gasteiger partial charge in [0.2, 0.25) is 0 Å². The van der Waals surface area contributed by atoms with Crippen molar-refractivity contribution in [2.24, 2.45) is 0 Å². The number of hydrogen-bond acceptors (Lipinski definition) is 6. The molecule has 8 heteroatoms. The molecule has 2 atom stereocenters. The van der Waals surface area contributed by atoms with E-state index in [1.54, 1.807) is 6.20 Å². The number of fused-ring (bicyclic) bond motifs is 1. The topological polar surface area (TPSA) is 67.2 Å². The minimum Gasteiger partial charge on any atom is -0.370 e. The quantitative estimate of drug-likeness (QED) is 0.752. The zero-order valence-corrected chi connectivity index (χ0v) is 17.7. The number of morpholine rings is 1. The number of rotatable bonds is 2. The van der Waals surface area contributed by atoms with Gasteiger partial charge in [0.05, 0.1) is 13.2 Å². The van der Waals surface area contributed by atoms with Gasteiger partial charge in [0.25, 0.3) is 11.5 Å². The normalized spacial score (nSPS) is 28.4. The van der Waals surface area contributed by atoms with Gasteiger partial charge < -0.3 is 9.64 Å². The Morgan fingerprint density at radius 3 is 2.90 bits per heavy atom. The fraction of sp³-hybridized carbons (Fsp3) is 0.667. The van der Waals surface area contributed by atoms with Crippen LogP contribution in [0, 0.1) is 6.92 Å². The Hall–Kier alpha value is -1.77. The van der Waals surface area contributed by atoms with Gasteiger partial charge in [-0.1, -0.05) is 12.8 Å². The smallest absolute Gasteiger partial charge is 0.271 e. The number of aromatic nitrogens is 2. The molecular formula is C21H28N4O3S. The van der Waals surface area contributed by atoms with Gasteiger partial charge in [0.1, 0.15) is 11.2 Å². The molecule has 2 aliphatic heterocycles. The van der Waals surface area contributed by atoms with Crippen LogP contribution in [0.5, 0.6) is 0 Å². The monoisotopic (exact) mass is 416 g/mol.